The molecule has 1 unspecified atom stereocenters. The van der Waals surface area contributed by atoms with Crippen LogP contribution >= 0.6 is 0 Å². The monoisotopic (exact) mass is 337 g/mol. The van der Waals surface area contributed by atoms with Crippen LogP contribution in [-0.2, 0) is 14.9 Å². The van der Waals surface area contributed by atoms with Gasteiger partial charge in [0.1, 0.15) is 6.10 Å². The van der Waals surface area contributed by atoms with E-state index in [1.165, 1.54) is 0 Å². The van der Waals surface area contributed by atoms with Crippen molar-refractivity contribution in [3.8, 4) is 11.1 Å². The summed E-state index contributed by atoms with van der Waals surface area (Å²) in [4.78, 5) is 18.9. The van der Waals surface area contributed by atoms with E-state index < -0.39 is 5.41 Å². The molecular formula is C20H23N3O2. The topological polar surface area (TPSA) is 54.5 Å². The van der Waals surface area contributed by atoms with Gasteiger partial charge >= 0.3 is 0 Å². The number of carbonyl (C=O) groups excluding carboxylic acids is 1. The number of likely N-dealkylation sites (N-methyl/N-ethyl adjacent to an activating group) is 1. The van der Waals surface area contributed by atoms with Crippen LogP contribution in [0.5, 0.6) is 0 Å². The molecule has 3 heterocycles. The van der Waals surface area contributed by atoms with Gasteiger partial charge in [-0.1, -0.05) is 18.2 Å². The molecule has 2 aromatic rings. The van der Waals surface area contributed by atoms with Crippen molar-refractivity contribution in [1.82, 2.24) is 10.3 Å². The van der Waals surface area contributed by atoms with Crippen molar-refractivity contribution in [2.24, 2.45) is 0 Å². The number of pyridine rings is 1. The molecule has 1 amide bonds. The third-order valence-corrected chi connectivity index (χ3v) is 5.25. The van der Waals surface area contributed by atoms with E-state index in [0.717, 1.165) is 41.2 Å². The molecule has 2 aliphatic heterocycles. The van der Waals surface area contributed by atoms with Crippen molar-refractivity contribution in [2.75, 3.05) is 31.6 Å². The lowest BCUT2D eigenvalue weighted by Gasteiger charge is -2.25. The van der Waals surface area contributed by atoms with Gasteiger partial charge in [-0.3, -0.25) is 9.78 Å². The standard InChI is InChI=1S/C20H23N3O2/c1-20(2)15-7-6-13(11-16(15)23(3)19(20)24)14-5-4-8-22-18(14)17-12-21-9-10-25-17/h4-8,11,17,21H,9-10,12H2,1-3H3. The molecule has 4 rings (SSSR count). The van der Waals surface area contributed by atoms with Crippen molar-refractivity contribution < 1.29 is 9.53 Å². The Balaban J connectivity index is 1.79. The number of amides is 1. The summed E-state index contributed by atoms with van der Waals surface area (Å²) in [5.74, 6) is 0.130. The van der Waals surface area contributed by atoms with Gasteiger partial charge < -0.3 is 15.0 Å². The van der Waals surface area contributed by atoms with Crippen LogP contribution < -0.4 is 10.2 Å². The average Bonchev–Trinajstić information content (AvgIpc) is 2.83. The summed E-state index contributed by atoms with van der Waals surface area (Å²) in [6, 6.07) is 10.3. The van der Waals surface area contributed by atoms with Gasteiger partial charge in [0.2, 0.25) is 5.91 Å². The number of nitrogens with one attached hydrogen (secondary N) is 1. The molecule has 0 radical (unpaired) electrons. The zero-order chi connectivity index (χ0) is 17.6. The maximum absolute atomic E-state index is 12.5. The first-order valence-corrected chi connectivity index (χ1v) is 8.70. The van der Waals surface area contributed by atoms with Gasteiger partial charge in [0, 0.05) is 37.6 Å². The van der Waals surface area contributed by atoms with Crippen LogP contribution in [-0.4, -0.2) is 37.6 Å². The number of aromatic nitrogens is 1. The van der Waals surface area contributed by atoms with E-state index in [1.807, 2.05) is 33.2 Å². The molecule has 1 aromatic heterocycles. The minimum atomic E-state index is -0.475. The van der Waals surface area contributed by atoms with E-state index in [2.05, 4.69) is 34.6 Å². The first-order chi connectivity index (χ1) is 12.0. The molecule has 130 valence electrons. The summed E-state index contributed by atoms with van der Waals surface area (Å²) in [5, 5.41) is 3.36. The number of fused-ring (bicyclic) bond motifs is 1. The third-order valence-electron chi connectivity index (χ3n) is 5.25. The van der Waals surface area contributed by atoms with Crippen molar-refractivity contribution in [3.63, 3.8) is 0 Å². The number of benzene rings is 1. The van der Waals surface area contributed by atoms with E-state index in [9.17, 15) is 4.79 Å². The lowest BCUT2D eigenvalue weighted by Crippen LogP contribution is -2.34. The number of hydrogen-bond acceptors (Lipinski definition) is 4. The maximum atomic E-state index is 12.5. The maximum Gasteiger partial charge on any atom is 0.236 e. The Morgan fingerprint density at radius 3 is 2.92 bits per heavy atom. The van der Waals surface area contributed by atoms with Gasteiger partial charge in [-0.2, -0.15) is 0 Å². The normalized spacial score (nSPS) is 22.1. The van der Waals surface area contributed by atoms with Gasteiger partial charge in [-0.15, -0.1) is 0 Å². The van der Waals surface area contributed by atoms with Crippen LogP contribution in [0.15, 0.2) is 36.5 Å². The third kappa shape index (κ3) is 2.55. The summed E-state index contributed by atoms with van der Waals surface area (Å²) in [6.45, 7) is 6.29. The molecule has 0 spiro atoms. The summed E-state index contributed by atoms with van der Waals surface area (Å²) in [7, 11) is 1.85. The molecule has 25 heavy (non-hydrogen) atoms. The highest BCUT2D eigenvalue weighted by Gasteiger charge is 2.42. The molecule has 0 bridgehead atoms. The molecule has 5 heteroatoms. The van der Waals surface area contributed by atoms with Gasteiger partial charge in [-0.05, 0) is 37.1 Å². The SMILES string of the molecule is CN1C(=O)C(C)(C)c2ccc(-c3cccnc3C3CNCCO3)cc21. The summed E-state index contributed by atoms with van der Waals surface area (Å²) in [5.41, 5.74) is 4.64. The number of carbonyl (C=O) groups is 1. The summed E-state index contributed by atoms with van der Waals surface area (Å²) >= 11 is 0. The second-order valence-electron chi connectivity index (χ2n) is 7.22. The molecule has 1 aromatic carbocycles. The Morgan fingerprint density at radius 1 is 1.32 bits per heavy atom. The summed E-state index contributed by atoms with van der Waals surface area (Å²) < 4.78 is 5.90. The fourth-order valence-corrected chi connectivity index (χ4v) is 3.81. The van der Waals surface area contributed by atoms with Gasteiger partial charge in [0.25, 0.3) is 0 Å². The van der Waals surface area contributed by atoms with E-state index in [-0.39, 0.29) is 12.0 Å². The molecule has 1 atom stereocenters. The van der Waals surface area contributed by atoms with Gasteiger partial charge in [0.15, 0.2) is 0 Å². The Bertz CT molecular complexity index is 825. The van der Waals surface area contributed by atoms with Crippen molar-refractivity contribution in [2.45, 2.75) is 25.4 Å². The largest absolute Gasteiger partial charge is 0.369 e. The minimum absolute atomic E-state index is 0.0472. The zero-order valence-corrected chi connectivity index (χ0v) is 14.9. The van der Waals surface area contributed by atoms with Crippen LogP contribution in [0, 0.1) is 0 Å². The fourth-order valence-electron chi connectivity index (χ4n) is 3.81. The second kappa shape index (κ2) is 5.93. The first-order valence-electron chi connectivity index (χ1n) is 8.70. The lowest BCUT2D eigenvalue weighted by molar-refractivity contribution is -0.121. The van der Waals surface area contributed by atoms with Gasteiger partial charge in [-0.25, -0.2) is 0 Å². The quantitative estimate of drug-likeness (QED) is 0.915. The highest BCUT2D eigenvalue weighted by atomic mass is 16.5. The van der Waals surface area contributed by atoms with E-state index in [4.69, 9.17) is 4.74 Å². The molecule has 2 aliphatic rings. The Hall–Kier alpha value is -2.24. The van der Waals surface area contributed by atoms with Crippen LogP contribution in [0.3, 0.4) is 0 Å². The molecule has 1 N–H and O–H groups in total. The lowest BCUT2D eigenvalue weighted by atomic mass is 9.85. The van der Waals surface area contributed by atoms with Crippen molar-refractivity contribution in [1.29, 1.82) is 0 Å². The molecule has 5 nitrogen and oxygen atoms in total. The Labute approximate surface area is 148 Å². The molecule has 1 saturated heterocycles. The highest BCUT2D eigenvalue weighted by Crippen LogP contribution is 2.43. The summed E-state index contributed by atoms with van der Waals surface area (Å²) in [6.07, 6.45) is 1.76. The van der Waals surface area contributed by atoms with E-state index in [1.54, 1.807) is 4.90 Å². The first kappa shape index (κ1) is 16.2. The average molecular weight is 337 g/mol. The molecule has 0 aliphatic carbocycles. The van der Waals surface area contributed by atoms with E-state index >= 15 is 0 Å². The number of ether oxygens (including phenoxy) is 1. The van der Waals surface area contributed by atoms with Gasteiger partial charge in [0.05, 0.1) is 17.7 Å². The predicted octanol–water partition coefficient (Wildman–Crippen LogP) is 2.66. The smallest absolute Gasteiger partial charge is 0.236 e. The van der Waals surface area contributed by atoms with Crippen molar-refractivity contribution in [3.05, 3.63) is 47.8 Å². The number of morpholine rings is 1. The second-order valence-corrected chi connectivity index (χ2v) is 7.22. The van der Waals surface area contributed by atoms with Crippen LogP contribution in [0.25, 0.3) is 11.1 Å². The van der Waals surface area contributed by atoms with Crippen LogP contribution in [0.4, 0.5) is 5.69 Å². The van der Waals surface area contributed by atoms with Crippen LogP contribution in [0.1, 0.15) is 31.2 Å². The van der Waals surface area contributed by atoms with Crippen molar-refractivity contribution >= 4 is 11.6 Å². The number of anilines is 1. The molecule has 1 fully saturated rings. The molecular weight excluding hydrogens is 314 g/mol. The van der Waals surface area contributed by atoms with E-state index in [0.29, 0.717) is 6.61 Å². The fraction of sp³-hybridized carbons (Fsp3) is 0.400. The highest BCUT2D eigenvalue weighted by molar-refractivity contribution is 6.07. The predicted molar refractivity (Wildman–Crippen MR) is 97.7 cm³/mol. The molecule has 0 saturated carbocycles. The number of rotatable bonds is 2. The Kier molecular flexibility index (Phi) is 3.85. The van der Waals surface area contributed by atoms with Crippen LogP contribution in [0.2, 0.25) is 0 Å². The number of nitrogens with zero attached hydrogens (tertiary/aromatic N) is 2. The Morgan fingerprint density at radius 2 is 2.16 bits per heavy atom. The number of hydrogen-bond donors (Lipinski definition) is 1. The minimum Gasteiger partial charge on any atom is -0.369 e. The zero-order valence-electron chi connectivity index (χ0n) is 14.9.